The van der Waals surface area contributed by atoms with E-state index in [0.29, 0.717) is 5.75 Å². The summed E-state index contributed by atoms with van der Waals surface area (Å²) in [6.45, 7) is 5.98. The lowest BCUT2D eigenvalue weighted by molar-refractivity contribution is 0.198. The van der Waals surface area contributed by atoms with Crippen LogP contribution >= 0.6 is 0 Å². The highest BCUT2D eigenvalue weighted by molar-refractivity contribution is 6.74. The molecule has 6 nitrogen and oxygen atoms in total. The Labute approximate surface area is 125 Å². The first-order chi connectivity index (χ1) is 10.0. The molecular weight excluding hydrogens is 288 g/mol. The Bertz CT molecular complexity index is 493. The second kappa shape index (κ2) is 8.31. The molecule has 0 aliphatic carbocycles. The number of amides is 2. The third kappa shape index (κ3) is 5.47. The number of para-hydroxylation sites is 1. The third-order valence-electron chi connectivity index (χ3n) is 3.40. The molecule has 1 aromatic carbocycles. The third-order valence-corrected chi connectivity index (χ3v) is 7.87. The van der Waals surface area contributed by atoms with Crippen LogP contribution in [0.15, 0.2) is 40.6 Å². The van der Waals surface area contributed by atoms with Crippen molar-refractivity contribution in [1.82, 2.24) is 0 Å². The molecule has 0 unspecified atom stereocenters. The van der Waals surface area contributed by atoms with Crippen LogP contribution in [0.2, 0.25) is 18.1 Å². The maximum absolute atomic E-state index is 11.6. The zero-order valence-corrected chi connectivity index (χ0v) is 13.5. The number of carbonyl (C=O) groups is 2. The monoisotopic (exact) mass is 308 g/mol. The van der Waals surface area contributed by atoms with E-state index in [1.54, 1.807) is 30.3 Å². The minimum absolute atomic E-state index is 0.342. The average Bonchev–Trinajstić information content (AvgIpc) is 2.52. The van der Waals surface area contributed by atoms with Gasteiger partial charge in [0, 0.05) is 0 Å². The lowest BCUT2D eigenvalue weighted by Gasteiger charge is -2.25. The highest BCUT2D eigenvalue weighted by atomic mass is 28.4. The van der Waals surface area contributed by atoms with E-state index in [9.17, 15) is 9.59 Å². The van der Waals surface area contributed by atoms with Crippen molar-refractivity contribution in [2.24, 2.45) is 10.2 Å². The number of rotatable bonds is 5. The molecule has 0 atom stereocenters. The first-order valence-corrected chi connectivity index (χ1v) is 9.49. The van der Waals surface area contributed by atoms with Crippen LogP contribution in [0.25, 0.3) is 0 Å². The van der Waals surface area contributed by atoms with Crippen molar-refractivity contribution in [3.05, 3.63) is 30.3 Å². The van der Waals surface area contributed by atoms with Crippen molar-refractivity contribution in [2.45, 2.75) is 38.9 Å². The summed E-state index contributed by atoms with van der Waals surface area (Å²) in [6.07, 6.45) is -1.77. The van der Waals surface area contributed by atoms with E-state index in [0.717, 1.165) is 18.1 Å². The van der Waals surface area contributed by atoms with Gasteiger partial charge >= 0.3 is 12.2 Å². The largest absolute Gasteiger partial charge is 0.501 e. The first kappa shape index (κ1) is 17.0. The fourth-order valence-corrected chi connectivity index (χ4v) is 4.21. The van der Waals surface area contributed by atoms with Gasteiger partial charge in [0.2, 0.25) is 0 Å². The van der Waals surface area contributed by atoms with E-state index in [1.165, 1.54) is 0 Å². The Morgan fingerprint density at radius 1 is 0.952 bits per heavy atom. The average molecular weight is 308 g/mol. The van der Waals surface area contributed by atoms with Crippen molar-refractivity contribution < 1.29 is 18.8 Å². The second-order valence-electron chi connectivity index (χ2n) is 4.49. The molecule has 0 bridgehead atoms. The molecule has 0 fully saturated rings. The van der Waals surface area contributed by atoms with Gasteiger partial charge in [0.15, 0.2) is 0 Å². The quantitative estimate of drug-likeness (QED) is 0.579. The van der Waals surface area contributed by atoms with Gasteiger partial charge in [-0.2, -0.15) is 0 Å². The smallest absolute Gasteiger partial charge is 0.458 e. The Hall–Kier alpha value is -2.02. The minimum Gasteiger partial charge on any atom is -0.501 e. The van der Waals surface area contributed by atoms with E-state index in [2.05, 4.69) is 10.2 Å². The zero-order valence-electron chi connectivity index (χ0n) is 12.5. The Balaban J connectivity index is 2.55. The van der Waals surface area contributed by atoms with Gasteiger partial charge in [0.25, 0.3) is 8.32 Å². The number of hydrogen-bond donors (Lipinski definition) is 0. The van der Waals surface area contributed by atoms with Crippen LogP contribution < -0.4 is 4.74 Å². The van der Waals surface area contributed by atoms with Crippen molar-refractivity contribution in [1.29, 1.82) is 0 Å². The van der Waals surface area contributed by atoms with Gasteiger partial charge in [-0.25, -0.2) is 9.59 Å². The number of ether oxygens (including phenoxy) is 1. The summed E-state index contributed by atoms with van der Waals surface area (Å²) in [5, 5.41) is 6.49. The molecule has 114 valence electrons. The molecule has 2 amide bonds. The van der Waals surface area contributed by atoms with Crippen LogP contribution in [-0.2, 0) is 4.43 Å². The summed E-state index contributed by atoms with van der Waals surface area (Å²) >= 11 is 0. The molecule has 7 heteroatoms. The van der Waals surface area contributed by atoms with Crippen LogP contribution in [0.4, 0.5) is 9.59 Å². The van der Waals surface area contributed by atoms with Crippen molar-refractivity contribution >= 4 is 20.5 Å². The molecule has 1 rings (SSSR count). The lowest BCUT2D eigenvalue weighted by Crippen LogP contribution is -2.37. The Kier molecular flexibility index (Phi) is 6.74. The summed E-state index contributed by atoms with van der Waals surface area (Å²) in [5.74, 6) is 0.342. The molecule has 0 aliphatic rings. The van der Waals surface area contributed by atoms with E-state index < -0.39 is 20.5 Å². The maximum Gasteiger partial charge on any atom is 0.458 e. The SMILES string of the molecule is CC[Si](CC)(CC)OC(=O)N=NC(=O)Oc1ccccc1. The number of hydrogen-bond acceptors (Lipinski definition) is 4. The Morgan fingerprint density at radius 3 is 2.00 bits per heavy atom. The van der Waals surface area contributed by atoms with E-state index in [-0.39, 0.29) is 0 Å². The Morgan fingerprint density at radius 2 is 1.48 bits per heavy atom. The van der Waals surface area contributed by atoms with Gasteiger partial charge in [0.05, 0.1) is 0 Å². The van der Waals surface area contributed by atoms with Crippen molar-refractivity contribution in [3.8, 4) is 5.75 Å². The summed E-state index contributed by atoms with van der Waals surface area (Å²) < 4.78 is 10.3. The lowest BCUT2D eigenvalue weighted by atomic mass is 10.3. The molecule has 0 heterocycles. The van der Waals surface area contributed by atoms with Crippen LogP contribution in [0.5, 0.6) is 5.75 Å². The molecule has 0 aliphatic heterocycles. The number of benzene rings is 1. The minimum atomic E-state index is -2.08. The van der Waals surface area contributed by atoms with E-state index in [1.807, 2.05) is 20.8 Å². The zero-order chi connectivity index (χ0) is 15.7. The molecular formula is C14H20N2O4Si. The molecule has 0 spiro atoms. The van der Waals surface area contributed by atoms with Crippen LogP contribution in [-0.4, -0.2) is 20.5 Å². The highest BCUT2D eigenvalue weighted by Crippen LogP contribution is 2.22. The summed E-state index contributed by atoms with van der Waals surface area (Å²) in [5.41, 5.74) is 0. The van der Waals surface area contributed by atoms with Gasteiger partial charge in [-0.05, 0) is 30.3 Å². The topological polar surface area (TPSA) is 77.3 Å². The van der Waals surface area contributed by atoms with Gasteiger partial charge in [0.1, 0.15) is 5.75 Å². The molecule has 1 aromatic rings. The molecule has 0 aromatic heterocycles. The predicted molar refractivity (Wildman–Crippen MR) is 81.0 cm³/mol. The fourth-order valence-electron chi connectivity index (χ4n) is 1.86. The number of carbonyl (C=O) groups excluding carboxylic acids is 2. The highest BCUT2D eigenvalue weighted by Gasteiger charge is 2.32. The summed E-state index contributed by atoms with van der Waals surface area (Å²) in [4.78, 5) is 23.0. The van der Waals surface area contributed by atoms with Crippen LogP contribution in [0.1, 0.15) is 20.8 Å². The van der Waals surface area contributed by atoms with E-state index >= 15 is 0 Å². The van der Waals surface area contributed by atoms with Crippen molar-refractivity contribution in [2.75, 3.05) is 0 Å². The standard InChI is InChI=1S/C14H20N2O4Si/c1-4-21(5-2,6-3)20-14(18)16-15-13(17)19-12-10-8-7-9-11-12/h7-11H,4-6H2,1-3H3. The molecule has 21 heavy (non-hydrogen) atoms. The van der Waals surface area contributed by atoms with Gasteiger partial charge in [-0.3, -0.25) is 0 Å². The number of nitrogens with zero attached hydrogens (tertiary/aromatic N) is 2. The molecule has 0 N–H and O–H groups in total. The normalized spacial score (nSPS) is 11.4. The van der Waals surface area contributed by atoms with Gasteiger partial charge in [-0.1, -0.05) is 49.2 Å². The number of azo groups is 1. The summed E-state index contributed by atoms with van der Waals surface area (Å²) in [6, 6.07) is 10.9. The summed E-state index contributed by atoms with van der Waals surface area (Å²) in [7, 11) is -2.08. The van der Waals surface area contributed by atoms with E-state index in [4.69, 9.17) is 9.16 Å². The maximum atomic E-state index is 11.6. The first-order valence-electron chi connectivity index (χ1n) is 6.96. The van der Waals surface area contributed by atoms with Crippen molar-refractivity contribution in [3.63, 3.8) is 0 Å². The second-order valence-corrected chi connectivity index (χ2v) is 9.18. The molecule has 0 saturated heterocycles. The van der Waals surface area contributed by atoms with Crippen LogP contribution in [0.3, 0.4) is 0 Å². The van der Waals surface area contributed by atoms with Gasteiger partial charge in [-0.15, -0.1) is 0 Å². The van der Waals surface area contributed by atoms with Gasteiger partial charge < -0.3 is 9.16 Å². The molecule has 0 radical (unpaired) electrons. The molecule has 0 saturated carbocycles. The predicted octanol–water partition coefficient (Wildman–Crippen LogP) is 4.78. The fraction of sp³-hybridized carbons (Fsp3) is 0.429. The van der Waals surface area contributed by atoms with Crippen LogP contribution in [0, 0.1) is 0 Å².